The van der Waals surface area contributed by atoms with Crippen LogP contribution in [0.4, 0.5) is 4.79 Å². The summed E-state index contributed by atoms with van der Waals surface area (Å²) in [5.41, 5.74) is -0.530. The standard InChI is InChI=1S/C27H40N2O3Si/c1-26(2,3)32-25(30)29-19-21(28-7)18-22(29)20-31-33(27(4,5)6,23-14-10-8-11-15-23)24-16-12-9-13-17-24/h8-17,21-22,28H,18-20H2,1-7H3. The Morgan fingerprint density at radius 2 is 1.48 bits per heavy atom. The summed E-state index contributed by atoms with van der Waals surface area (Å²) in [6, 6.07) is 21.4. The zero-order chi connectivity index (χ0) is 24.3. The number of nitrogens with zero attached hydrogens (tertiary/aromatic N) is 1. The van der Waals surface area contributed by atoms with E-state index in [-0.39, 0.29) is 23.2 Å². The molecular weight excluding hydrogens is 428 g/mol. The molecule has 0 saturated carbocycles. The molecule has 1 amide bonds. The van der Waals surface area contributed by atoms with Crippen LogP contribution in [-0.2, 0) is 9.16 Å². The van der Waals surface area contributed by atoms with E-state index >= 15 is 0 Å². The molecule has 6 heteroatoms. The first kappa shape index (κ1) is 25.5. The molecule has 1 N–H and O–H groups in total. The molecule has 0 spiro atoms. The summed E-state index contributed by atoms with van der Waals surface area (Å²) in [6.07, 6.45) is 0.574. The number of hydrogen-bond acceptors (Lipinski definition) is 4. The Labute approximate surface area is 200 Å². The van der Waals surface area contributed by atoms with Gasteiger partial charge in [0, 0.05) is 12.6 Å². The third-order valence-electron chi connectivity index (χ3n) is 6.36. The van der Waals surface area contributed by atoms with E-state index in [1.807, 2.05) is 32.7 Å². The van der Waals surface area contributed by atoms with Crippen molar-refractivity contribution in [3.63, 3.8) is 0 Å². The number of ether oxygens (including phenoxy) is 1. The summed E-state index contributed by atoms with van der Waals surface area (Å²) in [5.74, 6) is 0. The number of hydrogen-bond donors (Lipinski definition) is 1. The minimum Gasteiger partial charge on any atom is -0.444 e. The van der Waals surface area contributed by atoms with Gasteiger partial charge in [0.2, 0.25) is 0 Å². The Hall–Kier alpha value is -2.15. The highest BCUT2D eigenvalue weighted by Gasteiger charge is 2.51. The van der Waals surface area contributed by atoms with Crippen molar-refractivity contribution in [3.8, 4) is 0 Å². The third-order valence-corrected chi connectivity index (χ3v) is 11.4. The molecule has 0 bridgehead atoms. The number of rotatable bonds is 6. The number of carbonyl (C=O) groups is 1. The molecule has 3 rings (SSSR count). The van der Waals surface area contributed by atoms with E-state index in [2.05, 4.69) is 86.8 Å². The van der Waals surface area contributed by atoms with E-state index in [1.165, 1.54) is 10.4 Å². The van der Waals surface area contributed by atoms with Crippen molar-refractivity contribution < 1.29 is 14.0 Å². The molecule has 1 aliphatic heterocycles. The normalized spacial score (nSPS) is 19.5. The van der Waals surface area contributed by atoms with Gasteiger partial charge in [0.1, 0.15) is 5.60 Å². The predicted octanol–water partition coefficient (Wildman–Crippen LogP) is 4.16. The Morgan fingerprint density at radius 3 is 1.91 bits per heavy atom. The third kappa shape index (κ3) is 5.68. The topological polar surface area (TPSA) is 50.8 Å². The van der Waals surface area contributed by atoms with Crippen LogP contribution in [0, 0.1) is 0 Å². The van der Waals surface area contributed by atoms with Gasteiger partial charge in [0.15, 0.2) is 0 Å². The van der Waals surface area contributed by atoms with Crippen LogP contribution in [0.25, 0.3) is 0 Å². The highest BCUT2D eigenvalue weighted by atomic mass is 28.4. The van der Waals surface area contributed by atoms with Crippen LogP contribution in [0.15, 0.2) is 60.7 Å². The lowest BCUT2D eigenvalue weighted by Gasteiger charge is -2.44. The Kier molecular flexibility index (Phi) is 7.71. The fourth-order valence-corrected chi connectivity index (χ4v) is 9.41. The van der Waals surface area contributed by atoms with Gasteiger partial charge in [0.05, 0.1) is 12.6 Å². The van der Waals surface area contributed by atoms with Crippen molar-refractivity contribution in [2.24, 2.45) is 0 Å². The highest BCUT2D eigenvalue weighted by molar-refractivity contribution is 6.99. The lowest BCUT2D eigenvalue weighted by molar-refractivity contribution is 0.0181. The summed E-state index contributed by atoms with van der Waals surface area (Å²) in [7, 11) is -0.712. The number of carbonyl (C=O) groups excluding carboxylic acids is 1. The van der Waals surface area contributed by atoms with Gasteiger partial charge in [-0.2, -0.15) is 0 Å². The first-order valence-corrected chi connectivity index (χ1v) is 13.8. The largest absolute Gasteiger partial charge is 0.444 e. The summed E-state index contributed by atoms with van der Waals surface area (Å²) >= 11 is 0. The molecule has 0 radical (unpaired) electrons. The maximum Gasteiger partial charge on any atom is 0.410 e. The lowest BCUT2D eigenvalue weighted by Crippen LogP contribution is -2.67. The van der Waals surface area contributed by atoms with Crippen molar-refractivity contribution in [3.05, 3.63) is 60.7 Å². The maximum absolute atomic E-state index is 13.0. The Morgan fingerprint density at radius 1 is 0.970 bits per heavy atom. The van der Waals surface area contributed by atoms with E-state index in [9.17, 15) is 4.79 Å². The van der Waals surface area contributed by atoms with Gasteiger partial charge >= 0.3 is 6.09 Å². The molecule has 1 fully saturated rings. The second-order valence-corrected chi connectivity index (χ2v) is 15.3. The fourth-order valence-electron chi connectivity index (χ4n) is 4.81. The monoisotopic (exact) mass is 468 g/mol. The first-order valence-electron chi connectivity index (χ1n) is 11.9. The van der Waals surface area contributed by atoms with E-state index in [1.54, 1.807) is 0 Å². The van der Waals surface area contributed by atoms with Gasteiger partial charge in [-0.1, -0.05) is 81.4 Å². The van der Waals surface area contributed by atoms with Crippen molar-refractivity contribution in [1.29, 1.82) is 0 Å². The molecule has 2 aromatic rings. The molecule has 2 unspecified atom stereocenters. The highest BCUT2D eigenvalue weighted by Crippen LogP contribution is 2.37. The van der Waals surface area contributed by atoms with Gasteiger partial charge in [-0.15, -0.1) is 0 Å². The molecule has 0 aromatic heterocycles. The Bertz CT molecular complexity index is 867. The van der Waals surface area contributed by atoms with Crippen LogP contribution in [0.5, 0.6) is 0 Å². The zero-order valence-corrected chi connectivity index (χ0v) is 22.2. The fraction of sp³-hybridized carbons (Fsp3) is 0.519. The second-order valence-electron chi connectivity index (χ2n) is 11.0. The zero-order valence-electron chi connectivity index (χ0n) is 21.2. The van der Waals surface area contributed by atoms with E-state index in [0.717, 1.165) is 6.42 Å². The molecule has 180 valence electrons. The molecule has 1 saturated heterocycles. The Balaban J connectivity index is 1.97. The number of amides is 1. The minimum atomic E-state index is -2.66. The number of benzene rings is 2. The van der Waals surface area contributed by atoms with Gasteiger partial charge in [0.25, 0.3) is 8.32 Å². The van der Waals surface area contributed by atoms with Gasteiger partial charge < -0.3 is 19.4 Å². The molecule has 5 nitrogen and oxygen atoms in total. The van der Waals surface area contributed by atoms with Gasteiger partial charge in [-0.3, -0.25) is 0 Å². The van der Waals surface area contributed by atoms with E-state index < -0.39 is 13.9 Å². The molecule has 2 atom stereocenters. The number of likely N-dealkylation sites (tertiary alicyclic amines) is 1. The first-order chi connectivity index (χ1) is 15.5. The average molecular weight is 469 g/mol. The quantitative estimate of drug-likeness (QED) is 0.647. The van der Waals surface area contributed by atoms with Crippen LogP contribution < -0.4 is 15.7 Å². The number of nitrogens with one attached hydrogen (secondary N) is 1. The lowest BCUT2D eigenvalue weighted by atomic mass is 10.2. The second kappa shape index (κ2) is 10.00. The van der Waals surface area contributed by atoms with Crippen molar-refractivity contribution in [2.75, 3.05) is 20.2 Å². The van der Waals surface area contributed by atoms with Crippen molar-refractivity contribution in [1.82, 2.24) is 10.2 Å². The van der Waals surface area contributed by atoms with Gasteiger partial charge in [-0.25, -0.2) is 4.79 Å². The summed E-state index contributed by atoms with van der Waals surface area (Å²) in [6.45, 7) is 13.6. The minimum absolute atomic E-state index is 0.0426. The van der Waals surface area contributed by atoms with Crippen molar-refractivity contribution in [2.45, 2.75) is 70.7 Å². The summed E-state index contributed by atoms with van der Waals surface area (Å²) in [5, 5.41) is 5.73. The summed E-state index contributed by atoms with van der Waals surface area (Å²) in [4.78, 5) is 14.9. The average Bonchev–Trinajstić information content (AvgIpc) is 3.17. The SMILES string of the molecule is CNC1CC(CO[Si](c2ccccc2)(c2ccccc2)C(C)(C)C)N(C(=O)OC(C)(C)C)C1. The van der Waals surface area contributed by atoms with Crippen LogP contribution >= 0.6 is 0 Å². The maximum atomic E-state index is 13.0. The summed E-state index contributed by atoms with van der Waals surface area (Å²) < 4.78 is 12.8. The van der Waals surface area contributed by atoms with Crippen molar-refractivity contribution >= 4 is 24.8 Å². The smallest absolute Gasteiger partial charge is 0.410 e. The molecule has 1 aliphatic rings. The van der Waals surface area contributed by atoms with Gasteiger partial charge in [-0.05, 0) is 49.7 Å². The number of likely N-dealkylation sites (N-methyl/N-ethyl adjacent to an activating group) is 1. The predicted molar refractivity (Wildman–Crippen MR) is 138 cm³/mol. The molecule has 33 heavy (non-hydrogen) atoms. The van der Waals surface area contributed by atoms with Crippen LogP contribution in [-0.4, -0.2) is 57.2 Å². The molecule has 1 heterocycles. The molecular formula is C27H40N2O3Si. The molecule has 2 aromatic carbocycles. The van der Waals surface area contributed by atoms with Crippen LogP contribution in [0.1, 0.15) is 48.0 Å². The van der Waals surface area contributed by atoms with Crippen LogP contribution in [0.3, 0.4) is 0 Å². The van der Waals surface area contributed by atoms with E-state index in [0.29, 0.717) is 13.2 Å². The molecule has 0 aliphatic carbocycles. The van der Waals surface area contributed by atoms with Crippen LogP contribution in [0.2, 0.25) is 5.04 Å². The van der Waals surface area contributed by atoms with E-state index in [4.69, 9.17) is 9.16 Å².